The first-order chi connectivity index (χ1) is 6.29. The standard InChI is InChI=1S/C10H13BrO2/c1-2-13-10-6-4-3-5-8(10)9(12)7-11/h3-6,9,12H,2,7H2,1H3/t9-/m1/s1. The lowest BCUT2D eigenvalue weighted by Crippen LogP contribution is -2.02. The van der Waals surface area contributed by atoms with Gasteiger partial charge in [-0.2, -0.15) is 0 Å². The Labute approximate surface area is 86.7 Å². The molecule has 0 saturated carbocycles. The molecule has 0 amide bonds. The zero-order valence-corrected chi connectivity index (χ0v) is 9.12. The molecular formula is C10H13BrO2. The molecule has 0 bridgehead atoms. The van der Waals surface area contributed by atoms with Crippen LogP contribution in [0.5, 0.6) is 5.75 Å². The topological polar surface area (TPSA) is 29.5 Å². The first-order valence-electron chi connectivity index (χ1n) is 4.25. The summed E-state index contributed by atoms with van der Waals surface area (Å²) in [7, 11) is 0. The Morgan fingerprint density at radius 3 is 2.77 bits per heavy atom. The Bertz CT molecular complexity index is 263. The Morgan fingerprint density at radius 2 is 2.15 bits per heavy atom. The quantitative estimate of drug-likeness (QED) is 0.826. The van der Waals surface area contributed by atoms with E-state index in [0.717, 1.165) is 11.3 Å². The van der Waals surface area contributed by atoms with E-state index in [4.69, 9.17) is 4.74 Å². The van der Waals surface area contributed by atoms with Gasteiger partial charge in [0, 0.05) is 10.9 Å². The Hall–Kier alpha value is -0.540. The number of aliphatic hydroxyl groups is 1. The van der Waals surface area contributed by atoms with Crippen LogP contribution in [0.2, 0.25) is 0 Å². The summed E-state index contributed by atoms with van der Waals surface area (Å²) >= 11 is 3.23. The number of halogens is 1. The van der Waals surface area contributed by atoms with E-state index < -0.39 is 6.10 Å². The van der Waals surface area contributed by atoms with Crippen LogP contribution in [0.4, 0.5) is 0 Å². The summed E-state index contributed by atoms with van der Waals surface area (Å²) in [6, 6.07) is 7.53. The van der Waals surface area contributed by atoms with Crippen LogP contribution in [0, 0.1) is 0 Å². The maximum Gasteiger partial charge on any atom is 0.125 e. The summed E-state index contributed by atoms with van der Waals surface area (Å²) in [6.45, 7) is 2.54. The molecule has 0 radical (unpaired) electrons. The van der Waals surface area contributed by atoms with Crippen LogP contribution in [-0.2, 0) is 0 Å². The molecule has 0 saturated heterocycles. The minimum atomic E-state index is -0.497. The molecule has 1 atom stereocenters. The number of hydrogen-bond acceptors (Lipinski definition) is 2. The van der Waals surface area contributed by atoms with E-state index in [-0.39, 0.29) is 0 Å². The third-order valence-electron chi connectivity index (χ3n) is 1.72. The van der Waals surface area contributed by atoms with E-state index in [2.05, 4.69) is 15.9 Å². The second-order valence-corrected chi connectivity index (χ2v) is 3.29. The highest BCUT2D eigenvalue weighted by molar-refractivity contribution is 9.09. The van der Waals surface area contributed by atoms with Gasteiger partial charge in [-0.3, -0.25) is 0 Å². The predicted octanol–water partition coefficient (Wildman–Crippen LogP) is 2.51. The molecule has 13 heavy (non-hydrogen) atoms. The van der Waals surface area contributed by atoms with Crippen LogP contribution in [0.3, 0.4) is 0 Å². The van der Waals surface area contributed by atoms with Gasteiger partial charge in [-0.25, -0.2) is 0 Å². The SMILES string of the molecule is CCOc1ccccc1[C@H](O)CBr. The second-order valence-electron chi connectivity index (χ2n) is 2.64. The molecule has 0 heterocycles. The summed E-state index contributed by atoms with van der Waals surface area (Å²) in [5.74, 6) is 0.761. The summed E-state index contributed by atoms with van der Waals surface area (Å²) < 4.78 is 5.38. The molecule has 0 aliphatic carbocycles. The summed E-state index contributed by atoms with van der Waals surface area (Å²) in [5.41, 5.74) is 0.834. The van der Waals surface area contributed by atoms with Crippen molar-refractivity contribution in [2.24, 2.45) is 0 Å². The van der Waals surface area contributed by atoms with E-state index in [9.17, 15) is 5.11 Å². The van der Waals surface area contributed by atoms with Crippen LogP contribution in [0.25, 0.3) is 0 Å². The van der Waals surface area contributed by atoms with Crippen molar-refractivity contribution in [2.45, 2.75) is 13.0 Å². The molecule has 1 N–H and O–H groups in total. The highest BCUT2D eigenvalue weighted by atomic mass is 79.9. The molecule has 0 aliphatic rings. The van der Waals surface area contributed by atoms with Gasteiger partial charge in [0.1, 0.15) is 5.75 Å². The maximum absolute atomic E-state index is 9.61. The monoisotopic (exact) mass is 244 g/mol. The van der Waals surface area contributed by atoms with Crippen molar-refractivity contribution < 1.29 is 9.84 Å². The van der Waals surface area contributed by atoms with Crippen LogP contribution >= 0.6 is 15.9 Å². The zero-order valence-electron chi connectivity index (χ0n) is 7.53. The van der Waals surface area contributed by atoms with Crippen molar-refractivity contribution in [3.05, 3.63) is 29.8 Å². The van der Waals surface area contributed by atoms with Crippen LogP contribution < -0.4 is 4.74 Å². The summed E-state index contributed by atoms with van der Waals surface area (Å²) in [4.78, 5) is 0. The predicted molar refractivity (Wildman–Crippen MR) is 56.4 cm³/mol. The van der Waals surface area contributed by atoms with Gasteiger partial charge in [0.15, 0.2) is 0 Å². The van der Waals surface area contributed by atoms with Gasteiger partial charge in [0.05, 0.1) is 12.7 Å². The first-order valence-corrected chi connectivity index (χ1v) is 5.37. The van der Waals surface area contributed by atoms with Crippen molar-refractivity contribution in [2.75, 3.05) is 11.9 Å². The number of rotatable bonds is 4. The molecule has 0 aromatic heterocycles. The number of ether oxygens (including phenoxy) is 1. The van der Waals surface area contributed by atoms with Gasteiger partial charge < -0.3 is 9.84 Å². The van der Waals surface area contributed by atoms with E-state index in [1.54, 1.807) is 0 Å². The maximum atomic E-state index is 9.61. The number of alkyl halides is 1. The summed E-state index contributed by atoms with van der Waals surface area (Å²) in [6.07, 6.45) is -0.497. The number of para-hydroxylation sites is 1. The van der Waals surface area contributed by atoms with Crippen LogP contribution in [0.15, 0.2) is 24.3 Å². The third kappa shape index (κ3) is 2.71. The molecule has 72 valence electrons. The van der Waals surface area contributed by atoms with Crippen LogP contribution in [-0.4, -0.2) is 17.0 Å². The Kier molecular flexibility index (Phi) is 4.25. The summed E-state index contributed by atoms with van der Waals surface area (Å²) in [5, 5.41) is 10.1. The molecule has 1 aromatic carbocycles. The zero-order chi connectivity index (χ0) is 9.68. The van der Waals surface area contributed by atoms with Gasteiger partial charge in [0.25, 0.3) is 0 Å². The highest BCUT2D eigenvalue weighted by Crippen LogP contribution is 2.25. The largest absolute Gasteiger partial charge is 0.493 e. The van der Waals surface area contributed by atoms with Crippen molar-refractivity contribution in [1.82, 2.24) is 0 Å². The molecule has 1 aromatic rings. The smallest absolute Gasteiger partial charge is 0.125 e. The van der Waals surface area contributed by atoms with Crippen molar-refractivity contribution >= 4 is 15.9 Å². The molecular weight excluding hydrogens is 232 g/mol. The Balaban J connectivity index is 2.90. The van der Waals surface area contributed by atoms with Crippen molar-refractivity contribution in [3.8, 4) is 5.75 Å². The fourth-order valence-electron chi connectivity index (χ4n) is 1.13. The fraction of sp³-hybridized carbons (Fsp3) is 0.400. The van der Waals surface area contributed by atoms with Gasteiger partial charge >= 0.3 is 0 Å². The van der Waals surface area contributed by atoms with E-state index in [1.165, 1.54) is 0 Å². The molecule has 0 spiro atoms. The van der Waals surface area contributed by atoms with Crippen molar-refractivity contribution in [1.29, 1.82) is 0 Å². The van der Waals surface area contributed by atoms with Gasteiger partial charge in [0.2, 0.25) is 0 Å². The van der Waals surface area contributed by atoms with Crippen molar-refractivity contribution in [3.63, 3.8) is 0 Å². The van der Waals surface area contributed by atoms with E-state index >= 15 is 0 Å². The Morgan fingerprint density at radius 1 is 1.46 bits per heavy atom. The highest BCUT2D eigenvalue weighted by Gasteiger charge is 2.10. The van der Waals surface area contributed by atoms with Gasteiger partial charge in [-0.1, -0.05) is 34.1 Å². The molecule has 3 heteroatoms. The average molecular weight is 245 g/mol. The number of hydrogen-bond donors (Lipinski definition) is 1. The number of benzene rings is 1. The third-order valence-corrected chi connectivity index (χ3v) is 2.34. The fourth-order valence-corrected chi connectivity index (χ4v) is 1.47. The lowest BCUT2D eigenvalue weighted by atomic mass is 10.1. The normalized spacial score (nSPS) is 12.5. The van der Waals surface area contributed by atoms with Gasteiger partial charge in [-0.05, 0) is 13.0 Å². The molecule has 0 fully saturated rings. The number of aliphatic hydroxyl groups excluding tert-OH is 1. The lowest BCUT2D eigenvalue weighted by molar-refractivity contribution is 0.198. The van der Waals surface area contributed by atoms with Gasteiger partial charge in [-0.15, -0.1) is 0 Å². The lowest BCUT2D eigenvalue weighted by Gasteiger charge is -2.12. The average Bonchev–Trinajstić information content (AvgIpc) is 2.18. The molecule has 2 nitrogen and oxygen atoms in total. The molecule has 0 unspecified atom stereocenters. The molecule has 0 aliphatic heterocycles. The second kappa shape index (κ2) is 5.25. The minimum Gasteiger partial charge on any atom is -0.493 e. The van der Waals surface area contributed by atoms with Crippen LogP contribution in [0.1, 0.15) is 18.6 Å². The van der Waals surface area contributed by atoms with E-state index in [0.29, 0.717) is 11.9 Å². The molecule has 1 rings (SSSR count). The first kappa shape index (κ1) is 10.5. The minimum absolute atomic E-state index is 0.497. The van der Waals surface area contributed by atoms with E-state index in [1.807, 2.05) is 31.2 Å².